The molecule has 2 N–H and O–H groups in total. The maximum Gasteiger partial charge on any atom is 0.00791 e. The van der Waals surface area contributed by atoms with Gasteiger partial charge in [-0.15, -0.1) is 0 Å². The molecule has 1 saturated carbocycles. The molecule has 0 aromatic heterocycles. The first-order chi connectivity index (χ1) is 4.33. The Morgan fingerprint density at radius 3 is 3.00 bits per heavy atom. The van der Waals surface area contributed by atoms with Gasteiger partial charge in [0.25, 0.3) is 0 Å². The van der Waals surface area contributed by atoms with Gasteiger partial charge in [0.05, 0.1) is 0 Å². The third-order valence-corrected chi connectivity index (χ3v) is 1.85. The van der Waals surface area contributed by atoms with Crippen LogP contribution in [-0.4, -0.2) is 6.04 Å². The highest BCUT2D eigenvalue weighted by atomic mass is 14.6. The van der Waals surface area contributed by atoms with Crippen LogP contribution in [0.25, 0.3) is 0 Å². The van der Waals surface area contributed by atoms with Crippen molar-refractivity contribution in [2.75, 3.05) is 0 Å². The summed E-state index contributed by atoms with van der Waals surface area (Å²) in [6.45, 7) is 2.18. The van der Waals surface area contributed by atoms with Crippen LogP contribution in [0.3, 0.4) is 0 Å². The van der Waals surface area contributed by atoms with Crippen molar-refractivity contribution in [1.29, 1.82) is 0 Å². The first kappa shape index (κ1) is 6.81. The first-order valence-electron chi connectivity index (χ1n) is 3.76. The molecule has 1 nitrogen and oxygen atoms in total. The average molecular weight is 125 g/mol. The number of hydrogen-bond acceptors (Lipinski definition) is 1. The minimum atomic E-state index is 0.461. The van der Waals surface area contributed by atoms with Gasteiger partial charge in [-0.2, -0.15) is 0 Å². The minimum Gasteiger partial charge on any atom is -0.327 e. The van der Waals surface area contributed by atoms with E-state index in [4.69, 9.17) is 5.73 Å². The van der Waals surface area contributed by atoms with Crippen molar-refractivity contribution in [2.24, 2.45) is 5.73 Å². The fraction of sp³-hybridized carbons (Fsp3) is 0.750. The Morgan fingerprint density at radius 2 is 2.56 bits per heavy atom. The summed E-state index contributed by atoms with van der Waals surface area (Å²) in [6.07, 6.45) is 7.07. The molecule has 0 radical (unpaired) electrons. The van der Waals surface area contributed by atoms with Crippen molar-refractivity contribution in [2.45, 2.75) is 38.6 Å². The molecular weight excluding hydrogens is 110 g/mol. The molecule has 52 valence electrons. The van der Waals surface area contributed by atoms with Crippen LogP contribution in [0.1, 0.15) is 32.6 Å². The van der Waals surface area contributed by atoms with Gasteiger partial charge in [-0.25, -0.2) is 0 Å². The van der Waals surface area contributed by atoms with Crippen LogP contribution in [0.5, 0.6) is 0 Å². The molecule has 0 amide bonds. The molecule has 0 aromatic rings. The Bertz CT molecular complexity index is 116. The SMILES string of the molecule is CC/C=C1/CCC(N)C1. The van der Waals surface area contributed by atoms with Crippen molar-refractivity contribution in [1.82, 2.24) is 0 Å². The zero-order valence-electron chi connectivity index (χ0n) is 6.06. The molecule has 0 spiro atoms. The minimum absolute atomic E-state index is 0.461. The van der Waals surface area contributed by atoms with Gasteiger partial charge in [0.1, 0.15) is 0 Å². The van der Waals surface area contributed by atoms with E-state index in [0.717, 1.165) is 6.42 Å². The van der Waals surface area contributed by atoms with Gasteiger partial charge in [-0.3, -0.25) is 0 Å². The monoisotopic (exact) mass is 125 g/mol. The van der Waals surface area contributed by atoms with E-state index in [9.17, 15) is 0 Å². The van der Waals surface area contributed by atoms with Crippen LogP contribution >= 0.6 is 0 Å². The number of hydrogen-bond donors (Lipinski definition) is 1. The second-order valence-corrected chi connectivity index (χ2v) is 2.77. The molecule has 9 heavy (non-hydrogen) atoms. The van der Waals surface area contributed by atoms with E-state index in [1.54, 1.807) is 5.57 Å². The van der Waals surface area contributed by atoms with E-state index in [1.165, 1.54) is 19.3 Å². The van der Waals surface area contributed by atoms with Crippen molar-refractivity contribution < 1.29 is 0 Å². The van der Waals surface area contributed by atoms with Crippen molar-refractivity contribution in [3.8, 4) is 0 Å². The third-order valence-electron chi connectivity index (χ3n) is 1.85. The van der Waals surface area contributed by atoms with E-state index in [2.05, 4.69) is 13.0 Å². The zero-order valence-corrected chi connectivity index (χ0v) is 6.06. The lowest BCUT2D eigenvalue weighted by Crippen LogP contribution is -2.13. The van der Waals surface area contributed by atoms with Crippen molar-refractivity contribution in [3.05, 3.63) is 11.6 Å². The van der Waals surface area contributed by atoms with Crippen LogP contribution < -0.4 is 5.73 Å². The Labute approximate surface area is 56.9 Å². The first-order valence-corrected chi connectivity index (χ1v) is 3.76. The summed E-state index contributed by atoms with van der Waals surface area (Å²) in [5.41, 5.74) is 7.29. The van der Waals surface area contributed by atoms with E-state index in [-0.39, 0.29) is 0 Å². The van der Waals surface area contributed by atoms with Gasteiger partial charge < -0.3 is 5.73 Å². The highest BCUT2D eigenvalue weighted by Crippen LogP contribution is 2.22. The summed E-state index contributed by atoms with van der Waals surface area (Å²) < 4.78 is 0. The fourth-order valence-corrected chi connectivity index (χ4v) is 1.39. The van der Waals surface area contributed by atoms with Crippen molar-refractivity contribution in [3.63, 3.8) is 0 Å². The molecule has 1 fully saturated rings. The smallest absolute Gasteiger partial charge is 0.00791 e. The van der Waals surface area contributed by atoms with E-state index < -0.39 is 0 Å². The quantitative estimate of drug-likeness (QED) is 0.532. The van der Waals surface area contributed by atoms with Crippen LogP contribution in [0, 0.1) is 0 Å². The predicted molar refractivity (Wildman–Crippen MR) is 40.2 cm³/mol. The molecule has 0 heterocycles. The number of nitrogens with two attached hydrogens (primary N) is 1. The van der Waals surface area contributed by atoms with Crippen LogP contribution in [-0.2, 0) is 0 Å². The summed E-state index contributed by atoms with van der Waals surface area (Å²) in [5.74, 6) is 0. The van der Waals surface area contributed by atoms with Gasteiger partial charge in [0, 0.05) is 6.04 Å². The van der Waals surface area contributed by atoms with E-state index in [0.29, 0.717) is 6.04 Å². The molecular formula is C8H15N. The molecule has 1 rings (SSSR count). The van der Waals surface area contributed by atoms with Gasteiger partial charge >= 0.3 is 0 Å². The highest BCUT2D eigenvalue weighted by Gasteiger charge is 2.13. The molecule has 1 atom stereocenters. The van der Waals surface area contributed by atoms with Gasteiger partial charge in [-0.1, -0.05) is 18.6 Å². The lowest BCUT2D eigenvalue weighted by atomic mass is 10.2. The maximum atomic E-state index is 5.71. The van der Waals surface area contributed by atoms with Crippen molar-refractivity contribution >= 4 is 0 Å². The normalized spacial score (nSPS) is 31.8. The molecule has 1 unspecified atom stereocenters. The molecule has 0 saturated heterocycles. The van der Waals surface area contributed by atoms with Crippen LogP contribution in [0.15, 0.2) is 11.6 Å². The lowest BCUT2D eigenvalue weighted by molar-refractivity contribution is 0.711. The third kappa shape index (κ3) is 1.83. The van der Waals surface area contributed by atoms with E-state index in [1.807, 2.05) is 0 Å². The lowest BCUT2D eigenvalue weighted by Gasteiger charge is -1.95. The molecule has 0 aromatic carbocycles. The second-order valence-electron chi connectivity index (χ2n) is 2.77. The summed E-state index contributed by atoms with van der Waals surface area (Å²) >= 11 is 0. The summed E-state index contributed by atoms with van der Waals surface area (Å²) in [6, 6.07) is 0.461. The Kier molecular flexibility index (Phi) is 2.29. The summed E-state index contributed by atoms with van der Waals surface area (Å²) in [5, 5.41) is 0. The highest BCUT2D eigenvalue weighted by molar-refractivity contribution is 5.09. The van der Waals surface area contributed by atoms with E-state index >= 15 is 0 Å². The van der Waals surface area contributed by atoms with Crippen LogP contribution in [0.2, 0.25) is 0 Å². The Morgan fingerprint density at radius 1 is 1.78 bits per heavy atom. The molecule has 1 heteroatoms. The standard InChI is InChI=1S/C8H15N/c1-2-3-7-4-5-8(9)6-7/h3,8H,2,4-6,9H2,1H3/b7-3-. The Hall–Kier alpha value is -0.300. The van der Waals surface area contributed by atoms with Gasteiger partial charge in [-0.05, 0) is 25.7 Å². The average Bonchev–Trinajstić information content (AvgIpc) is 2.17. The zero-order chi connectivity index (χ0) is 6.69. The number of allylic oxidation sites excluding steroid dienone is 1. The summed E-state index contributed by atoms with van der Waals surface area (Å²) in [7, 11) is 0. The predicted octanol–water partition coefficient (Wildman–Crippen LogP) is 1.83. The van der Waals surface area contributed by atoms with Gasteiger partial charge in [0.2, 0.25) is 0 Å². The Balaban J connectivity index is 2.38. The number of rotatable bonds is 1. The maximum absolute atomic E-state index is 5.71. The van der Waals surface area contributed by atoms with Crippen LogP contribution in [0.4, 0.5) is 0 Å². The largest absolute Gasteiger partial charge is 0.327 e. The molecule has 0 bridgehead atoms. The fourth-order valence-electron chi connectivity index (χ4n) is 1.39. The second kappa shape index (κ2) is 3.02. The summed E-state index contributed by atoms with van der Waals surface area (Å²) in [4.78, 5) is 0. The topological polar surface area (TPSA) is 26.0 Å². The molecule has 1 aliphatic carbocycles. The molecule has 0 aliphatic heterocycles. The van der Waals surface area contributed by atoms with Gasteiger partial charge in [0.15, 0.2) is 0 Å². The molecule has 1 aliphatic rings.